The van der Waals surface area contributed by atoms with Crippen molar-refractivity contribution in [3.8, 4) is 16.9 Å². The van der Waals surface area contributed by atoms with E-state index >= 15 is 0 Å². The molecule has 0 aliphatic rings. The Balaban J connectivity index is 1.68. The van der Waals surface area contributed by atoms with Crippen LogP contribution in [0.15, 0.2) is 57.7 Å². The van der Waals surface area contributed by atoms with E-state index in [1.807, 2.05) is 30.3 Å². The van der Waals surface area contributed by atoms with Crippen LogP contribution in [0.3, 0.4) is 0 Å². The summed E-state index contributed by atoms with van der Waals surface area (Å²) < 4.78 is 15.8. The first-order valence-corrected chi connectivity index (χ1v) is 10.5. The van der Waals surface area contributed by atoms with Gasteiger partial charge in [0.25, 0.3) is 0 Å². The zero-order valence-electron chi connectivity index (χ0n) is 18.1. The van der Waals surface area contributed by atoms with Gasteiger partial charge in [-0.05, 0) is 44.4 Å². The van der Waals surface area contributed by atoms with Crippen LogP contribution in [0.2, 0.25) is 5.02 Å². The monoisotopic (exact) mass is 457 g/mol. The average molecular weight is 458 g/mol. The molecule has 1 N–H and O–H groups in total. The fraction of sp³-hybridized carbons (Fsp3) is 0.292. The van der Waals surface area contributed by atoms with Crippen LogP contribution in [0.1, 0.15) is 33.6 Å². The molecule has 32 heavy (non-hydrogen) atoms. The van der Waals surface area contributed by atoms with Crippen molar-refractivity contribution in [2.75, 3.05) is 6.54 Å². The zero-order chi connectivity index (χ0) is 23.3. The van der Waals surface area contributed by atoms with Gasteiger partial charge < -0.3 is 19.2 Å². The first-order valence-electron chi connectivity index (χ1n) is 10.1. The highest BCUT2D eigenvalue weighted by atomic mass is 35.5. The molecule has 0 saturated heterocycles. The number of carbonyl (C=O) groups is 2. The first-order chi connectivity index (χ1) is 15.1. The Morgan fingerprint density at radius 3 is 2.50 bits per heavy atom. The fourth-order valence-electron chi connectivity index (χ4n) is 3.01. The van der Waals surface area contributed by atoms with Crippen molar-refractivity contribution in [3.63, 3.8) is 0 Å². The van der Waals surface area contributed by atoms with Gasteiger partial charge in [0.2, 0.25) is 0 Å². The molecule has 8 heteroatoms. The number of benzene rings is 2. The van der Waals surface area contributed by atoms with Gasteiger partial charge in [0.05, 0.1) is 5.02 Å². The zero-order valence-corrected chi connectivity index (χ0v) is 18.8. The molecule has 0 atom stereocenters. The number of esters is 1. The van der Waals surface area contributed by atoms with Crippen molar-refractivity contribution in [3.05, 3.63) is 64.0 Å². The number of nitrogens with one attached hydrogen (secondary N) is 1. The van der Waals surface area contributed by atoms with Gasteiger partial charge in [-0.25, -0.2) is 9.59 Å². The van der Waals surface area contributed by atoms with Gasteiger partial charge in [0, 0.05) is 30.5 Å². The van der Waals surface area contributed by atoms with Crippen LogP contribution < -0.4 is 15.7 Å². The summed E-state index contributed by atoms with van der Waals surface area (Å²) in [6.45, 7) is 5.55. The molecule has 2 aromatic carbocycles. The maximum Gasteiger partial charge on any atom is 0.407 e. The molecule has 1 aromatic heterocycles. The van der Waals surface area contributed by atoms with Gasteiger partial charge >= 0.3 is 17.7 Å². The first kappa shape index (κ1) is 23.3. The third-order valence-corrected chi connectivity index (χ3v) is 4.63. The molecule has 0 unspecified atom stereocenters. The maximum absolute atomic E-state index is 12.2. The number of amides is 1. The minimum atomic E-state index is -0.592. The van der Waals surface area contributed by atoms with Crippen LogP contribution in [0.25, 0.3) is 22.1 Å². The molecule has 0 aliphatic heterocycles. The Hall–Kier alpha value is -3.32. The van der Waals surface area contributed by atoms with E-state index < -0.39 is 23.3 Å². The van der Waals surface area contributed by atoms with Crippen LogP contribution in [0.4, 0.5) is 4.79 Å². The van der Waals surface area contributed by atoms with Crippen LogP contribution in [0.5, 0.6) is 5.75 Å². The highest BCUT2D eigenvalue weighted by molar-refractivity contribution is 6.33. The summed E-state index contributed by atoms with van der Waals surface area (Å²) in [4.78, 5) is 35.9. The molecule has 1 heterocycles. The summed E-state index contributed by atoms with van der Waals surface area (Å²) in [6, 6.07) is 13.8. The molecule has 168 valence electrons. The summed E-state index contributed by atoms with van der Waals surface area (Å²) in [7, 11) is 0. The second kappa shape index (κ2) is 9.87. The van der Waals surface area contributed by atoms with E-state index in [0.29, 0.717) is 17.4 Å². The SMILES string of the molecule is CC(C)(C)OC(=O)NCCCC(=O)Oc1cc2oc(=O)cc(-c3ccccc3)c2cc1Cl. The average Bonchev–Trinajstić information content (AvgIpc) is 2.71. The molecule has 0 saturated carbocycles. The molecule has 0 bridgehead atoms. The van der Waals surface area contributed by atoms with Gasteiger partial charge in [-0.15, -0.1) is 0 Å². The lowest BCUT2D eigenvalue weighted by molar-refractivity contribution is -0.134. The smallest absolute Gasteiger partial charge is 0.407 e. The molecule has 3 rings (SSSR count). The van der Waals surface area contributed by atoms with E-state index in [4.69, 9.17) is 25.5 Å². The predicted molar refractivity (Wildman–Crippen MR) is 122 cm³/mol. The molecular weight excluding hydrogens is 434 g/mol. The minimum Gasteiger partial charge on any atom is -0.444 e. The molecule has 0 radical (unpaired) electrons. The number of alkyl carbamates (subject to hydrolysis) is 1. The van der Waals surface area contributed by atoms with E-state index in [1.165, 1.54) is 12.1 Å². The molecular formula is C24H24ClNO6. The Morgan fingerprint density at radius 2 is 1.81 bits per heavy atom. The third kappa shape index (κ3) is 6.34. The highest BCUT2D eigenvalue weighted by Gasteiger charge is 2.17. The summed E-state index contributed by atoms with van der Waals surface area (Å²) in [6.07, 6.45) is -0.137. The number of ether oxygens (including phenoxy) is 2. The van der Waals surface area contributed by atoms with Crippen LogP contribution in [0, 0.1) is 0 Å². The Morgan fingerprint density at radius 1 is 1.09 bits per heavy atom. The maximum atomic E-state index is 12.2. The van der Waals surface area contributed by atoms with E-state index in [2.05, 4.69) is 5.32 Å². The predicted octanol–water partition coefficient (Wildman–Crippen LogP) is 5.32. The summed E-state index contributed by atoms with van der Waals surface area (Å²) in [5.74, 6) is -0.434. The van der Waals surface area contributed by atoms with E-state index in [1.54, 1.807) is 26.8 Å². The lowest BCUT2D eigenvalue weighted by Crippen LogP contribution is -2.33. The van der Waals surface area contributed by atoms with Crippen LogP contribution in [-0.4, -0.2) is 24.2 Å². The van der Waals surface area contributed by atoms with Crippen molar-refractivity contribution in [1.29, 1.82) is 0 Å². The van der Waals surface area contributed by atoms with Gasteiger partial charge in [-0.3, -0.25) is 4.79 Å². The van der Waals surface area contributed by atoms with Crippen LogP contribution in [-0.2, 0) is 9.53 Å². The number of rotatable bonds is 6. The number of hydrogen-bond donors (Lipinski definition) is 1. The number of hydrogen-bond acceptors (Lipinski definition) is 6. The lowest BCUT2D eigenvalue weighted by atomic mass is 10.0. The van der Waals surface area contributed by atoms with Crippen molar-refractivity contribution >= 4 is 34.6 Å². The van der Waals surface area contributed by atoms with Crippen molar-refractivity contribution in [2.24, 2.45) is 0 Å². The van der Waals surface area contributed by atoms with Gasteiger partial charge in [-0.2, -0.15) is 0 Å². The standard InChI is InChI=1S/C24H24ClNO6/c1-24(2,3)32-23(29)26-11-7-10-21(27)31-20-14-19-17(12-18(20)25)16(13-22(28)30-19)15-8-5-4-6-9-15/h4-6,8-9,12-14H,7,10-11H2,1-3H3,(H,26,29). The molecule has 3 aromatic rings. The Bertz CT molecular complexity index is 1180. The largest absolute Gasteiger partial charge is 0.444 e. The molecule has 0 fully saturated rings. The number of carbonyl (C=O) groups excluding carboxylic acids is 2. The third-order valence-electron chi connectivity index (χ3n) is 4.33. The van der Waals surface area contributed by atoms with Crippen molar-refractivity contribution in [2.45, 2.75) is 39.2 Å². The quantitative estimate of drug-likeness (QED) is 0.233. The normalized spacial score (nSPS) is 11.2. The molecule has 0 aliphatic carbocycles. The van der Waals surface area contributed by atoms with E-state index in [-0.39, 0.29) is 29.3 Å². The minimum absolute atomic E-state index is 0.0537. The van der Waals surface area contributed by atoms with Crippen molar-refractivity contribution in [1.82, 2.24) is 5.32 Å². The van der Waals surface area contributed by atoms with Crippen molar-refractivity contribution < 1.29 is 23.5 Å². The second-order valence-electron chi connectivity index (χ2n) is 8.13. The van der Waals surface area contributed by atoms with Gasteiger partial charge in [0.15, 0.2) is 5.75 Å². The number of fused-ring (bicyclic) bond motifs is 1. The molecule has 0 spiro atoms. The highest BCUT2D eigenvalue weighted by Crippen LogP contribution is 2.35. The fourth-order valence-corrected chi connectivity index (χ4v) is 3.21. The van der Waals surface area contributed by atoms with Gasteiger partial charge in [0.1, 0.15) is 11.2 Å². The van der Waals surface area contributed by atoms with Gasteiger partial charge in [-0.1, -0.05) is 41.9 Å². The number of halogens is 1. The lowest BCUT2D eigenvalue weighted by Gasteiger charge is -2.19. The molecule has 1 amide bonds. The topological polar surface area (TPSA) is 94.8 Å². The van der Waals surface area contributed by atoms with Crippen LogP contribution >= 0.6 is 11.6 Å². The Labute approximate surface area is 190 Å². The Kier molecular flexibility index (Phi) is 7.20. The summed E-state index contributed by atoms with van der Waals surface area (Å²) in [5, 5.41) is 3.42. The van der Waals surface area contributed by atoms with E-state index in [0.717, 1.165) is 5.56 Å². The summed E-state index contributed by atoms with van der Waals surface area (Å²) in [5.41, 5.74) is 0.651. The summed E-state index contributed by atoms with van der Waals surface area (Å²) >= 11 is 6.34. The second-order valence-corrected chi connectivity index (χ2v) is 8.54. The molecule has 7 nitrogen and oxygen atoms in total. The van der Waals surface area contributed by atoms with E-state index in [9.17, 15) is 14.4 Å².